The maximum atomic E-state index is 11.3. The van der Waals surface area contributed by atoms with Crippen LogP contribution in [-0.2, 0) is 0 Å². The molecule has 6 heteroatoms. The lowest BCUT2D eigenvalue weighted by Gasteiger charge is -2.11. The molecule has 0 atom stereocenters. The lowest BCUT2D eigenvalue weighted by Crippen LogP contribution is -1.97. The minimum atomic E-state index is -0.476. The van der Waals surface area contributed by atoms with Crippen molar-refractivity contribution in [3.8, 4) is 22.6 Å². The zero-order chi connectivity index (χ0) is 16.3. The molecule has 0 saturated carbocycles. The highest BCUT2D eigenvalue weighted by molar-refractivity contribution is 5.94. The fourth-order valence-electron chi connectivity index (χ4n) is 2.14. The molecule has 2 aromatic rings. The molecule has 0 unspecified atom stereocenters. The van der Waals surface area contributed by atoms with Crippen LogP contribution >= 0.6 is 0 Å². The quantitative estimate of drug-likeness (QED) is 0.480. The van der Waals surface area contributed by atoms with E-state index in [1.807, 2.05) is 0 Å². The van der Waals surface area contributed by atoms with Gasteiger partial charge in [0.15, 0.2) is 17.3 Å². The number of nitro benzene ring substituents is 1. The maximum Gasteiger partial charge on any atom is 0.281 e. The average Bonchev–Trinajstić information content (AvgIpc) is 2.53. The molecule has 0 aliphatic rings. The van der Waals surface area contributed by atoms with Crippen molar-refractivity contribution in [2.75, 3.05) is 14.2 Å². The van der Waals surface area contributed by atoms with Crippen molar-refractivity contribution < 1.29 is 19.2 Å². The number of Topliss-reactive ketones (excluding diaryl/α,β-unsaturated/α-hetero) is 1. The van der Waals surface area contributed by atoms with Gasteiger partial charge in [0, 0.05) is 5.56 Å². The van der Waals surface area contributed by atoms with Crippen molar-refractivity contribution in [3.05, 3.63) is 52.1 Å². The number of methoxy groups -OCH3 is 2. The summed E-state index contributed by atoms with van der Waals surface area (Å²) >= 11 is 0. The summed E-state index contributed by atoms with van der Waals surface area (Å²) in [5, 5.41) is 11.3. The number of nitro groups is 1. The van der Waals surface area contributed by atoms with E-state index >= 15 is 0 Å². The van der Waals surface area contributed by atoms with E-state index in [1.54, 1.807) is 30.3 Å². The van der Waals surface area contributed by atoms with Crippen LogP contribution in [0.3, 0.4) is 0 Å². The molecular formula is C16H15NO5. The van der Waals surface area contributed by atoms with E-state index in [1.165, 1.54) is 27.2 Å². The first kappa shape index (κ1) is 15.5. The first-order valence-electron chi connectivity index (χ1n) is 6.49. The number of benzene rings is 2. The Balaban J connectivity index is 2.61. The molecular weight excluding hydrogens is 286 g/mol. The van der Waals surface area contributed by atoms with Crippen LogP contribution in [0.2, 0.25) is 0 Å². The number of ether oxygens (including phenoxy) is 2. The summed E-state index contributed by atoms with van der Waals surface area (Å²) in [4.78, 5) is 22.1. The zero-order valence-corrected chi connectivity index (χ0v) is 12.5. The van der Waals surface area contributed by atoms with Crippen LogP contribution in [0, 0.1) is 10.1 Å². The molecule has 22 heavy (non-hydrogen) atoms. The standard InChI is InChI=1S/C16H15NO5/c1-10(18)11-4-6-12(7-5-11)13-8-15(21-2)16(22-3)9-14(13)17(19)20/h4-9H,1-3H3. The van der Waals surface area contributed by atoms with Crippen molar-refractivity contribution in [1.29, 1.82) is 0 Å². The van der Waals surface area contributed by atoms with Crippen LogP contribution in [0.15, 0.2) is 36.4 Å². The Bertz CT molecular complexity index is 722. The number of rotatable bonds is 5. The molecule has 0 aliphatic carbocycles. The van der Waals surface area contributed by atoms with Gasteiger partial charge in [-0.25, -0.2) is 0 Å². The highest BCUT2D eigenvalue weighted by atomic mass is 16.6. The van der Waals surface area contributed by atoms with Crippen LogP contribution in [0.25, 0.3) is 11.1 Å². The van der Waals surface area contributed by atoms with Gasteiger partial charge in [-0.15, -0.1) is 0 Å². The fraction of sp³-hybridized carbons (Fsp3) is 0.188. The maximum absolute atomic E-state index is 11.3. The van der Waals surface area contributed by atoms with Crippen LogP contribution in [0.4, 0.5) is 5.69 Å². The third-order valence-electron chi connectivity index (χ3n) is 3.30. The first-order chi connectivity index (χ1) is 10.5. The molecule has 0 saturated heterocycles. The number of carbonyl (C=O) groups is 1. The molecule has 0 heterocycles. The molecule has 2 aromatic carbocycles. The molecule has 0 radical (unpaired) electrons. The van der Waals surface area contributed by atoms with Crippen molar-refractivity contribution in [2.45, 2.75) is 6.92 Å². The molecule has 0 bridgehead atoms. The van der Waals surface area contributed by atoms with E-state index in [0.29, 0.717) is 28.2 Å². The number of nitrogens with zero attached hydrogens (tertiary/aromatic N) is 1. The van der Waals surface area contributed by atoms with E-state index < -0.39 is 4.92 Å². The topological polar surface area (TPSA) is 78.7 Å². The Morgan fingerprint density at radius 3 is 2.05 bits per heavy atom. The second-order valence-electron chi connectivity index (χ2n) is 4.61. The van der Waals surface area contributed by atoms with Gasteiger partial charge in [0.25, 0.3) is 5.69 Å². The minimum absolute atomic E-state index is 0.0617. The molecule has 0 fully saturated rings. The predicted octanol–water partition coefficient (Wildman–Crippen LogP) is 3.48. The number of ketones is 1. The smallest absolute Gasteiger partial charge is 0.281 e. The summed E-state index contributed by atoms with van der Waals surface area (Å²) < 4.78 is 10.3. The van der Waals surface area contributed by atoms with E-state index in [2.05, 4.69) is 0 Å². The van der Waals surface area contributed by atoms with Crippen molar-refractivity contribution >= 4 is 11.5 Å². The summed E-state index contributed by atoms with van der Waals surface area (Å²) in [6.45, 7) is 1.47. The minimum Gasteiger partial charge on any atom is -0.493 e. The molecule has 114 valence electrons. The molecule has 0 amide bonds. The van der Waals surface area contributed by atoms with Crippen molar-refractivity contribution in [3.63, 3.8) is 0 Å². The Morgan fingerprint density at radius 1 is 1.05 bits per heavy atom. The number of carbonyl (C=O) groups excluding carboxylic acids is 1. The molecule has 0 aromatic heterocycles. The lowest BCUT2D eigenvalue weighted by molar-refractivity contribution is -0.384. The van der Waals surface area contributed by atoms with Gasteiger partial charge in [-0.3, -0.25) is 14.9 Å². The normalized spacial score (nSPS) is 10.1. The highest BCUT2D eigenvalue weighted by Crippen LogP contribution is 2.39. The first-order valence-corrected chi connectivity index (χ1v) is 6.49. The van der Waals surface area contributed by atoms with Crippen molar-refractivity contribution in [2.24, 2.45) is 0 Å². The van der Waals surface area contributed by atoms with Crippen molar-refractivity contribution in [1.82, 2.24) is 0 Å². The van der Waals surface area contributed by atoms with Gasteiger partial charge < -0.3 is 9.47 Å². The number of hydrogen-bond donors (Lipinski definition) is 0. The van der Waals surface area contributed by atoms with E-state index in [0.717, 1.165) is 0 Å². The fourth-order valence-corrected chi connectivity index (χ4v) is 2.14. The number of hydrogen-bond acceptors (Lipinski definition) is 5. The van der Waals surface area contributed by atoms with Gasteiger partial charge in [0.05, 0.1) is 30.8 Å². The monoisotopic (exact) mass is 301 g/mol. The average molecular weight is 301 g/mol. The summed E-state index contributed by atoms with van der Waals surface area (Å²) in [6, 6.07) is 9.50. The summed E-state index contributed by atoms with van der Waals surface area (Å²) in [5.74, 6) is 0.630. The SMILES string of the molecule is COc1cc(-c2ccc(C(C)=O)cc2)c([N+](=O)[O-])cc1OC. The second kappa shape index (κ2) is 6.26. The molecule has 0 aliphatic heterocycles. The van der Waals surface area contributed by atoms with Crippen LogP contribution in [0.5, 0.6) is 11.5 Å². The Labute approximate surface area is 127 Å². The van der Waals surface area contributed by atoms with E-state index in [9.17, 15) is 14.9 Å². The summed E-state index contributed by atoms with van der Waals surface area (Å²) in [7, 11) is 2.88. The largest absolute Gasteiger partial charge is 0.493 e. The Morgan fingerprint density at radius 2 is 1.59 bits per heavy atom. The summed E-state index contributed by atoms with van der Waals surface area (Å²) in [6.07, 6.45) is 0. The molecule has 2 rings (SSSR count). The third kappa shape index (κ3) is 2.90. The second-order valence-corrected chi connectivity index (χ2v) is 4.61. The highest BCUT2D eigenvalue weighted by Gasteiger charge is 2.20. The van der Waals surface area contributed by atoms with E-state index in [4.69, 9.17) is 9.47 Å². The van der Waals surface area contributed by atoms with Gasteiger partial charge in [-0.2, -0.15) is 0 Å². The Hall–Kier alpha value is -2.89. The lowest BCUT2D eigenvalue weighted by atomic mass is 10.0. The molecule has 0 N–H and O–H groups in total. The van der Waals surface area contributed by atoms with Gasteiger partial charge in [0.2, 0.25) is 0 Å². The van der Waals surface area contributed by atoms with Gasteiger partial charge >= 0.3 is 0 Å². The van der Waals surface area contributed by atoms with Crippen LogP contribution in [0.1, 0.15) is 17.3 Å². The van der Waals surface area contributed by atoms with Gasteiger partial charge in [-0.05, 0) is 18.6 Å². The predicted molar refractivity (Wildman–Crippen MR) is 81.6 cm³/mol. The third-order valence-corrected chi connectivity index (χ3v) is 3.30. The van der Waals surface area contributed by atoms with Gasteiger partial charge in [0.1, 0.15) is 0 Å². The molecule has 0 spiro atoms. The Kier molecular flexibility index (Phi) is 4.41. The molecule has 6 nitrogen and oxygen atoms in total. The van der Waals surface area contributed by atoms with E-state index in [-0.39, 0.29) is 11.5 Å². The summed E-state index contributed by atoms with van der Waals surface area (Å²) in [5.41, 5.74) is 1.48. The van der Waals surface area contributed by atoms with Gasteiger partial charge in [-0.1, -0.05) is 24.3 Å². The van der Waals surface area contributed by atoms with Crippen LogP contribution < -0.4 is 9.47 Å². The zero-order valence-electron chi connectivity index (χ0n) is 12.5. The van der Waals surface area contributed by atoms with Crippen LogP contribution in [-0.4, -0.2) is 24.9 Å².